The van der Waals surface area contributed by atoms with Gasteiger partial charge >= 0.3 is 0 Å². The zero-order valence-electron chi connectivity index (χ0n) is 10.5. The van der Waals surface area contributed by atoms with Crippen LogP contribution in [0.3, 0.4) is 0 Å². The van der Waals surface area contributed by atoms with Crippen LogP contribution in [0.2, 0.25) is 0 Å². The predicted octanol–water partition coefficient (Wildman–Crippen LogP) is 1.55. The second kappa shape index (κ2) is 5.71. The molecule has 1 atom stereocenters. The van der Waals surface area contributed by atoms with E-state index in [0.29, 0.717) is 12.3 Å². The first-order chi connectivity index (χ1) is 8.57. The van der Waals surface area contributed by atoms with Gasteiger partial charge in [0.1, 0.15) is 0 Å². The predicted molar refractivity (Wildman–Crippen MR) is 71.4 cm³/mol. The van der Waals surface area contributed by atoms with Crippen LogP contribution in [-0.2, 0) is 4.79 Å². The van der Waals surface area contributed by atoms with Gasteiger partial charge in [-0.3, -0.25) is 9.78 Å². The lowest BCUT2D eigenvalue weighted by atomic mass is 9.95. The van der Waals surface area contributed by atoms with Crippen molar-refractivity contribution in [1.82, 2.24) is 9.88 Å². The Balaban J connectivity index is 1.85. The standard InChI is InChI=1S/C13H18N2O2S/c1-13(17)5-2-8-15(10-13)12(16)9-18-11-3-6-14-7-4-11/h3-4,6-7,17H,2,5,8-10H2,1H3. The number of piperidine rings is 1. The normalized spacial score (nSPS) is 24.0. The van der Waals surface area contributed by atoms with Crippen molar-refractivity contribution in [2.24, 2.45) is 0 Å². The first-order valence-corrected chi connectivity index (χ1v) is 7.08. The molecule has 1 aromatic rings. The molecule has 1 N–H and O–H groups in total. The van der Waals surface area contributed by atoms with Crippen LogP contribution in [0.4, 0.5) is 0 Å². The van der Waals surface area contributed by atoms with Crippen LogP contribution in [0.5, 0.6) is 0 Å². The molecule has 0 saturated carbocycles. The van der Waals surface area contributed by atoms with Gasteiger partial charge in [0.15, 0.2) is 0 Å². The number of aromatic nitrogens is 1. The molecule has 1 aliphatic heterocycles. The molecule has 1 aliphatic rings. The third kappa shape index (κ3) is 3.71. The number of aliphatic hydroxyl groups is 1. The van der Waals surface area contributed by atoms with Gasteiger partial charge in [-0.05, 0) is 31.9 Å². The number of hydrogen-bond acceptors (Lipinski definition) is 4. The van der Waals surface area contributed by atoms with Gasteiger partial charge in [-0.2, -0.15) is 0 Å². The van der Waals surface area contributed by atoms with E-state index in [2.05, 4.69) is 4.98 Å². The Morgan fingerprint density at radius 1 is 1.56 bits per heavy atom. The molecule has 4 nitrogen and oxygen atoms in total. The minimum absolute atomic E-state index is 0.0942. The summed E-state index contributed by atoms with van der Waals surface area (Å²) < 4.78 is 0. The smallest absolute Gasteiger partial charge is 0.233 e. The summed E-state index contributed by atoms with van der Waals surface area (Å²) >= 11 is 1.51. The average molecular weight is 266 g/mol. The number of nitrogens with zero attached hydrogens (tertiary/aromatic N) is 2. The summed E-state index contributed by atoms with van der Waals surface area (Å²) in [5, 5.41) is 9.97. The van der Waals surface area contributed by atoms with E-state index in [1.807, 2.05) is 12.1 Å². The Morgan fingerprint density at radius 3 is 2.94 bits per heavy atom. The van der Waals surface area contributed by atoms with Gasteiger partial charge in [0, 0.05) is 30.4 Å². The second-order valence-electron chi connectivity index (χ2n) is 4.89. The van der Waals surface area contributed by atoms with Crippen molar-refractivity contribution in [2.45, 2.75) is 30.3 Å². The molecule has 0 aliphatic carbocycles. The van der Waals surface area contributed by atoms with Crippen LogP contribution in [-0.4, -0.2) is 45.3 Å². The fourth-order valence-corrected chi connectivity index (χ4v) is 2.89. The van der Waals surface area contributed by atoms with E-state index in [0.717, 1.165) is 24.3 Å². The number of β-amino-alcohol motifs (C(OH)–C–C–N with tert-alkyl or cyclic N) is 1. The van der Waals surface area contributed by atoms with Gasteiger partial charge in [0.2, 0.25) is 5.91 Å². The lowest BCUT2D eigenvalue weighted by Gasteiger charge is -2.36. The van der Waals surface area contributed by atoms with Crippen LogP contribution in [0.25, 0.3) is 0 Å². The summed E-state index contributed by atoms with van der Waals surface area (Å²) in [7, 11) is 0. The molecule has 0 radical (unpaired) electrons. The van der Waals surface area contributed by atoms with E-state index in [4.69, 9.17) is 0 Å². The molecule has 98 valence electrons. The van der Waals surface area contributed by atoms with Crippen molar-refractivity contribution in [3.8, 4) is 0 Å². The summed E-state index contributed by atoms with van der Waals surface area (Å²) in [5.74, 6) is 0.511. The molecular formula is C13H18N2O2S. The van der Waals surface area contributed by atoms with Crippen molar-refractivity contribution < 1.29 is 9.90 Å². The summed E-state index contributed by atoms with van der Waals surface area (Å²) in [6.07, 6.45) is 5.09. The summed E-state index contributed by atoms with van der Waals surface area (Å²) in [5.41, 5.74) is -0.727. The van der Waals surface area contributed by atoms with E-state index in [1.54, 1.807) is 24.2 Å². The van der Waals surface area contributed by atoms with Crippen molar-refractivity contribution in [2.75, 3.05) is 18.8 Å². The van der Waals surface area contributed by atoms with E-state index in [9.17, 15) is 9.90 Å². The zero-order valence-corrected chi connectivity index (χ0v) is 11.3. The Morgan fingerprint density at radius 2 is 2.28 bits per heavy atom. The lowest BCUT2D eigenvalue weighted by Crippen LogP contribution is -2.49. The van der Waals surface area contributed by atoms with Gasteiger partial charge in [-0.25, -0.2) is 0 Å². The number of rotatable bonds is 3. The van der Waals surface area contributed by atoms with Gasteiger partial charge in [0.05, 0.1) is 11.4 Å². The molecule has 1 saturated heterocycles. The molecule has 5 heteroatoms. The molecule has 0 spiro atoms. The Bertz CT molecular complexity index is 409. The summed E-state index contributed by atoms with van der Waals surface area (Å²) in [4.78, 5) is 18.8. The molecule has 2 heterocycles. The van der Waals surface area contributed by atoms with E-state index in [1.165, 1.54) is 11.8 Å². The molecule has 1 amide bonds. The molecule has 0 bridgehead atoms. The van der Waals surface area contributed by atoms with Crippen molar-refractivity contribution >= 4 is 17.7 Å². The third-order valence-electron chi connectivity index (χ3n) is 3.04. The molecule has 1 aromatic heterocycles. The number of likely N-dealkylation sites (tertiary alicyclic amines) is 1. The number of pyridine rings is 1. The fourth-order valence-electron chi connectivity index (χ4n) is 2.10. The molecule has 2 rings (SSSR count). The topological polar surface area (TPSA) is 53.4 Å². The second-order valence-corrected chi connectivity index (χ2v) is 5.94. The number of carbonyl (C=O) groups is 1. The zero-order chi connectivity index (χ0) is 13.0. The Labute approximate surface area is 111 Å². The van der Waals surface area contributed by atoms with Gasteiger partial charge in [-0.1, -0.05) is 0 Å². The molecular weight excluding hydrogens is 248 g/mol. The number of hydrogen-bond donors (Lipinski definition) is 1. The maximum absolute atomic E-state index is 12.0. The maximum atomic E-state index is 12.0. The van der Waals surface area contributed by atoms with Gasteiger partial charge in [-0.15, -0.1) is 11.8 Å². The van der Waals surface area contributed by atoms with E-state index in [-0.39, 0.29) is 5.91 Å². The highest BCUT2D eigenvalue weighted by Crippen LogP contribution is 2.22. The van der Waals surface area contributed by atoms with E-state index >= 15 is 0 Å². The van der Waals surface area contributed by atoms with Crippen LogP contribution in [0.15, 0.2) is 29.4 Å². The van der Waals surface area contributed by atoms with Crippen molar-refractivity contribution in [3.05, 3.63) is 24.5 Å². The van der Waals surface area contributed by atoms with Gasteiger partial charge in [0.25, 0.3) is 0 Å². The molecule has 18 heavy (non-hydrogen) atoms. The maximum Gasteiger partial charge on any atom is 0.233 e. The van der Waals surface area contributed by atoms with Crippen LogP contribution in [0.1, 0.15) is 19.8 Å². The molecule has 1 unspecified atom stereocenters. The Kier molecular flexibility index (Phi) is 4.24. The lowest BCUT2D eigenvalue weighted by molar-refractivity contribution is -0.134. The molecule has 1 fully saturated rings. The SMILES string of the molecule is CC1(O)CCCN(C(=O)CSc2ccncc2)C1. The number of thioether (sulfide) groups is 1. The van der Waals surface area contributed by atoms with E-state index < -0.39 is 5.60 Å². The average Bonchev–Trinajstić information content (AvgIpc) is 2.36. The largest absolute Gasteiger partial charge is 0.388 e. The van der Waals surface area contributed by atoms with Crippen LogP contribution >= 0.6 is 11.8 Å². The highest BCUT2D eigenvalue weighted by atomic mass is 32.2. The number of carbonyl (C=O) groups excluding carboxylic acids is 1. The Hall–Kier alpha value is -1.07. The van der Waals surface area contributed by atoms with Crippen LogP contribution in [0, 0.1) is 0 Å². The third-order valence-corrected chi connectivity index (χ3v) is 4.04. The highest BCUT2D eigenvalue weighted by molar-refractivity contribution is 8.00. The first-order valence-electron chi connectivity index (χ1n) is 6.10. The van der Waals surface area contributed by atoms with Crippen molar-refractivity contribution in [3.63, 3.8) is 0 Å². The molecule has 0 aromatic carbocycles. The first kappa shape index (κ1) is 13.4. The van der Waals surface area contributed by atoms with Gasteiger partial charge < -0.3 is 10.0 Å². The number of amides is 1. The quantitative estimate of drug-likeness (QED) is 0.843. The fraction of sp³-hybridized carbons (Fsp3) is 0.538. The minimum Gasteiger partial charge on any atom is -0.388 e. The summed E-state index contributed by atoms with van der Waals surface area (Å²) in [6.45, 7) is 3.00. The van der Waals surface area contributed by atoms with Crippen molar-refractivity contribution in [1.29, 1.82) is 0 Å². The monoisotopic (exact) mass is 266 g/mol. The van der Waals surface area contributed by atoms with Crippen LogP contribution < -0.4 is 0 Å². The summed E-state index contributed by atoms with van der Waals surface area (Å²) in [6, 6.07) is 3.79. The minimum atomic E-state index is -0.727. The highest BCUT2D eigenvalue weighted by Gasteiger charge is 2.30.